The largest absolute Gasteiger partial charge is 0.354 e. The Kier molecular flexibility index (Phi) is 4.95. The lowest BCUT2D eigenvalue weighted by Crippen LogP contribution is -2.07. The van der Waals surface area contributed by atoms with Crippen molar-refractivity contribution in [3.05, 3.63) is 102 Å². The number of hydrogen-bond acceptors (Lipinski definition) is 1. The second kappa shape index (κ2) is 8.12. The third kappa shape index (κ3) is 3.33. The van der Waals surface area contributed by atoms with E-state index in [9.17, 15) is 0 Å². The first kappa shape index (κ1) is 20.1. The number of hydrogen-bond donors (Lipinski definition) is 1. The topological polar surface area (TPSA) is 17.0 Å². The van der Waals surface area contributed by atoms with Crippen molar-refractivity contribution >= 4 is 33.2 Å². The lowest BCUT2D eigenvalue weighted by Gasteiger charge is -2.21. The zero-order chi connectivity index (χ0) is 22.4. The third-order valence-corrected chi connectivity index (χ3v) is 7.16. The smallest absolute Gasteiger partial charge is 0.0776 e. The first-order valence-electron chi connectivity index (χ1n) is 12.2. The highest BCUT2D eigenvalue weighted by Gasteiger charge is 2.19. The summed E-state index contributed by atoms with van der Waals surface area (Å²) in [6, 6.07) is 31.1. The number of aryl methyl sites for hydroxylation is 1. The molecular formula is C31H30N2. The Hall–Kier alpha value is -3.52. The lowest BCUT2D eigenvalue weighted by molar-refractivity contribution is 0.687. The number of para-hydroxylation sites is 3. The predicted molar refractivity (Wildman–Crippen MR) is 141 cm³/mol. The molecule has 0 spiro atoms. The van der Waals surface area contributed by atoms with E-state index >= 15 is 0 Å². The maximum absolute atomic E-state index is 3.87. The van der Waals surface area contributed by atoms with E-state index < -0.39 is 0 Å². The highest BCUT2D eigenvalue weighted by Crippen LogP contribution is 2.40. The summed E-state index contributed by atoms with van der Waals surface area (Å²) in [5.41, 5.74) is 10.6. The van der Waals surface area contributed by atoms with Crippen LogP contribution in [0.25, 0.3) is 27.5 Å². The van der Waals surface area contributed by atoms with Crippen molar-refractivity contribution in [2.75, 3.05) is 5.32 Å². The van der Waals surface area contributed by atoms with E-state index in [1.807, 2.05) is 0 Å². The highest BCUT2D eigenvalue weighted by molar-refractivity contribution is 6.13. The van der Waals surface area contributed by atoms with Gasteiger partial charge in [0.25, 0.3) is 0 Å². The number of fused-ring (bicyclic) bond motifs is 4. The van der Waals surface area contributed by atoms with Gasteiger partial charge in [-0.15, -0.1) is 0 Å². The van der Waals surface area contributed by atoms with Gasteiger partial charge < -0.3 is 9.88 Å². The van der Waals surface area contributed by atoms with Gasteiger partial charge in [-0.25, -0.2) is 0 Å². The fraction of sp³-hybridized carbons (Fsp3) is 0.226. The van der Waals surface area contributed by atoms with E-state index in [2.05, 4.69) is 109 Å². The molecule has 1 N–H and O–H groups in total. The summed E-state index contributed by atoms with van der Waals surface area (Å²) < 4.78 is 2.47. The number of anilines is 2. The molecule has 0 saturated carbocycles. The van der Waals surface area contributed by atoms with E-state index in [4.69, 9.17) is 0 Å². The number of rotatable bonds is 4. The Morgan fingerprint density at radius 3 is 2.33 bits per heavy atom. The van der Waals surface area contributed by atoms with Gasteiger partial charge in [-0.05, 0) is 72.6 Å². The third-order valence-electron chi connectivity index (χ3n) is 7.16. The van der Waals surface area contributed by atoms with Gasteiger partial charge in [0.05, 0.1) is 16.7 Å². The zero-order valence-electron chi connectivity index (χ0n) is 19.4. The summed E-state index contributed by atoms with van der Waals surface area (Å²) in [4.78, 5) is 0. The van der Waals surface area contributed by atoms with Crippen LogP contribution < -0.4 is 5.32 Å². The van der Waals surface area contributed by atoms with Crippen LogP contribution in [0.5, 0.6) is 0 Å². The SMILES string of the molecule is CC(C)c1ccccc1-n1c2ccccc2c2cccc(Nc3cccc4c3CCCC4)c21. The van der Waals surface area contributed by atoms with Crippen LogP contribution in [0, 0.1) is 0 Å². The molecule has 33 heavy (non-hydrogen) atoms. The molecule has 0 aliphatic heterocycles. The van der Waals surface area contributed by atoms with Crippen LogP contribution >= 0.6 is 0 Å². The summed E-state index contributed by atoms with van der Waals surface area (Å²) in [5.74, 6) is 0.443. The van der Waals surface area contributed by atoms with E-state index in [0.29, 0.717) is 5.92 Å². The summed E-state index contributed by atoms with van der Waals surface area (Å²) in [5, 5.41) is 6.46. The van der Waals surface area contributed by atoms with Gasteiger partial charge >= 0.3 is 0 Å². The van der Waals surface area contributed by atoms with Crippen LogP contribution in [0.15, 0.2) is 84.9 Å². The molecule has 0 unspecified atom stereocenters. The molecule has 0 bridgehead atoms. The molecule has 1 aromatic heterocycles. The molecule has 0 radical (unpaired) electrons. The molecule has 164 valence electrons. The van der Waals surface area contributed by atoms with E-state index in [-0.39, 0.29) is 0 Å². The standard InChI is InChI=1S/C31H30N2/c1-21(2)23-13-5-7-19-29(23)33-30-20-8-6-15-25(30)26-16-10-18-28(31(26)33)32-27-17-9-12-22-11-3-4-14-24(22)27/h5-10,12-13,15-21,32H,3-4,11,14H2,1-2H3. The second-order valence-corrected chi connectivity index (χ2v) is 9.54. The van der Waals surface area contributed by atoms with Crippen molar-refractivity contribution in [1.82, 2.24) is 4.57 Å². The van der Waals surface area contributed by atoms with Crippen LogP contribution in [-0.4, -0.2) is 4.57 Å². The Morgan fingerprint density at radius 2 is 1.42 bits per heavy atom. The quantitative estimate of drug-likeness (QED) is 0.302. The Balaban J connectivity index is 1.64. The molecule has 4 aromatic carbocycles. The van der Waals surface area contributed by atoms with Crippen LogP contribution in [-0.2, 0) is 12.8 Å². The van der Waals surface area contributed by atoms with Crippen molar-refractivity contribution in [3.63, 3.8) is 0 Å². The molecule has 1 heterocycles. The molecule has 0 atom stereocenters. The van der Waals surface area contributed by atoms with Crippen molar-refractivity contribution in [1.29, 1.82) is 0 Å². The summed E-state index contributed by atoms with van der Waals surface area (Å²) in [7, 11) is 0. The van der Waals surface area contributed by atoms with Crippen molar-refractivity contribution in [2.45, 2.75) is 45.4 Å². The first-order valence-corrected chi connectivity index (χ1v) is 12.2. The maximum atomic E-state index is 3.87. The Bertz CT molecular complexity index is 1470. The number of aromatic nitrogens is 1. The van der Waals surface area contributed by atoms with E-state index in [1.54, 1.807) is 0 Å². The molecule has 1 aliphatic rings. The van der Waals surface area contributed by atoms with Crippen LogP contribution in [0.1, 0.15) is 49.3 Å². The molecule has 0 saturated heterocycles. The van der Waals surface area contributed by atoms with Crippen molar-refractivity contribution in [2.24, 2.45) is 0 Å². The van der Waals surface area contributed by atoms with Gasteiger partial charge in [-0.2, -0.15) is 0 Å². The maximum Gasteiger partial charge on any atom is 0.0776 e. The summed E-state index contributed by atoms with van der Waals surface area (Å²) >= 11 is 0. The van der Waals surface area contributed by atoms with Crippen LogP contribution in [0.2, 0.25) is 0 Å². The molecular weight excluding hydrogens is 400 g/mol. The number of nitrogens with one attached hydrogen (secondary N) is 1. The predicted octanol–water partition coefficient (Wildman–Crippen LogP) is 8.53. The van der Waals surface area contributed by atoms with Gasteiger partial charge in [0.15, 0.2) is 0 Å². The van der Waals surface area contributed by atoms with Gasteiger partial charge in [0.1, 0.15) is 0 Å². The van der Waals surface area contributed by atoms with Crippen LogP contribution in [0.4, 0.5) is 11.4 Å². The molecule has 6 rings (SSSR count). The fourth-order valence-corrected chi connectivity index (χ4v) is 5.59. The average molecular weight is 431 g/mol. The minimum atomic E-state index is 0.443. The number of benzene rings is 4. The van der Waals surface area contributed by atoms with Crippen LogP contribution in [0.3, 0.4) is 0 Å². The molecule has 1 aliphatic carbocycles. The van der Waals surface area contributed by atoms with Gasteiger partial charge in [-0.3, -0.25) is 0 Å². The normalized spacial score (nSPS) is 13.5. The van der Waals surface area contributed by atoms with Gasteiger partial charge in [0, 0.05) is 22.1 Å². The highest BCUT2D eigenvalue weighted by atomic mass is 15.0. The summed E-state index contributed by atoms with van der Waals surface area (Å²) in [6.07, 6.45) is 4.93. The van der Waals surface area contributed by atoms with Gasteiger partial charge in [-0.1, -0.05) is 74.5 Å². The molecule has 2 nitrogen and oxygen atoms in total. The van der Waals surface area contributed by atoms with Crippen molar-refractivity contribution < 1.29 is 0 Å². The monoisotopic (exact) mass is 430 g/mol. The molecule has 5 aromatic rings. The molecule has 0 fully saturated rings. The first-order chi connectivity index (χ1) is 16.2. The zero-order valence-corrected chi connectivity index (χ0v) is 19.4. The lowest BCUT2D eigenvalue weighted by atomic mass is 9.90. The minimum Gasteiger partial charge on any atom is -0.354 e. The summed E-state index contributed by atoms with van der Waals surface area (Å²) in [6.45, 7) is 4.56. The Labute approximate surface area is 195 Å². The van der Waals surface area contributed by atoms with E-state index in [1.165, 1.54) is 74.8 Å². The average Bonchev–Trinajstić information content (AvgIpc) is 3.20. The molecule has 0 amide bonds. The van der Waals surface area contributed by atoms with Gasteiger partial charge in [0.2, 0.25) is 0 Å². The Morgan fingerprint density at radius 1 is 0.697 bits per heavy atom. The van der Waals surface area contributed by atoms with Crippen molar-refractivity contribution in [3.8, 4) is 5.69 Å². The number of nitrogens with zero attached hydrogens (tertiary/aromatic N) is 1. The fourth-order valence-electron chi connectivity index (χ4n) is 5.59. The van der Waals surface area contributed by atoms with E-state index in [0.717, 1.165) is 6.42 Å². The minimum absolute atomic E-state index is 0.443. The second-order valence-electron chi connectivity index (χ2n) is 9.54. The molecule has 2 heteroatoms.